The van der Waals surface area contributed by atoms with Gasteiger partial charge in [0.25, 0.3) is 11.5 Å². The van der Waals surface area contributed by atoms with E-state index in [9.17, 15) is 14.4 Å². The molecule has 2 aromatic rings. The summed E-state index contributed by atoms with van der Waals surface area (Å²) < 4.78 is 6.34. The lowest BCUT2D eigenvalue weighted by molar-refractivity contribution is -0.124. The maximum Gasteiger partial charge on any atom is 0.359 e. The van der Waals surface area contributed by atoms with Crippen molar-refractivity contribution in [2.75, 3.05) is 13.2 Å². The van der Waals surface area contributed by atoms with Crippen LogP contribution in [0.4, 0.5) is 0 Å². The van der Waals surface area contributed by atoms with Gasteiger partial charge < -0.3 is 10.1 Å². The van der Waals surface area contributed by atoms with Crippen molar-refractivity contribution in [3.8, 4) is 0 Å². The fourth-order valence-corrected chi connectivity index (χ4v) is 2.32. The van der Waals surface area contributed by atoms with Gasteiger partial charge in [0.05, 0.1) is 5.39 Å². The Hall–Kier alpha value is -2.70. The minimum absolute atomic E-state index is 0.0420. The number of esters is 1. The first-order valence-corrected chi connectivity index (χ1v) is 8.37. The minimum Gasteiger partial charge on any atom is -0.451 e. The zero-order valence-corrected chi connectivity index (χ0v) is 14.7. The maximum absolute atomic E-state index is 12.4. The van der Waals surface area contributed by atoms with Crippen molar-refractivity contribution in [1.82, 2.24) is 15.1 Å². The highest BCUT2D eigenvalue weighted by atomic mass is 16.5. The number of amides is 1. The van der Waals surface area contributed by atoms with Crippen molar-refractivity contribution in [3.63, 3.8) is 0 Å². The molecule has 1 heterocycles. The Bertz CT molecular complexity index is 827. The van der Waals surface area contributed by atoms with Crippen LogP contribution in [0.15, 0.2) is 29.1 Å². The van der Waals surface area contributed by atoms with Crippen molar-refractivity contribution in [2.24, 2.45) is 5.92 Å². The van der Waals surface area contributed by atoms with Gasteiger partial charge in [0.1, 0.15) is 0 Å². The second-order valence-corrected chi connectivity index (χ2v) is 6.20. The Morgan fingerprint density at radius 3 is 2.56 bits per heavy atom. The molecule has 0 unspecified atom stereocenters. The number of aryl methyl sites for hydroxylation is 1. The first-order valence-electron chi connectivity index (χ1n) is 8.37. The molecule has 7 nitrogen and oxygen atoms in total. The second kappa shape index (κ2) is 8.41. The highest BCUT2D eigenvalue weighted by molar-refractivity contribution is 6.02. The van der Waals surface area contributed by atoms with Crippen molar-refractivity contribution in [1.29, 1.82) is 0 Å². The van der Waals surface area contributed by atoms with E-state index in [-0.39, 0.29) is 23.8 Å². The first-order chi connectivity index (χ1) is 11.9. The van der Waals surface area contributed by atoms with Gasteiger partial charge >= 0.3 is 5.97 Å². The third-order valence-electron chi connectivity index (χ3n) is 3.54. The molecule has 7 heteroatoms. The summed E-state index contributed by atoms with van der Waals surface area (Å²) in [5, 5.41) is 7.64. The van der Waals surface area contributed by atoms with Crippen molar-refractivity contribution >= 4 is 22.6 Å². The van der Waals surface area contributed by atoms with Gasteiger partial charge in [-0.3, -0.25) is 9.59 Å². The minimum atomic E-state index is -0.722. The summed E-state index contributed by atoms with van der Waals surface area (Å²) in [5.41, 5.74) is -0.205. The number of nitrogens with zero attached hydrogens (tertiary/aromatic N) is 2. The van der Waals surface area contributed by atoms with Gasteiger partial charge in [0, 0.05) is 18.5 Å². The van der Waals surface area contributed by atoms with Gasteiger partial charge in [-0.15, -0.1) is 0 Å². The van der Waals surface area contributed by atoms with Gasteiger partial charge in [-0.1, -0.05) is 39.0 Å². The molecule has 1 N–H and O–H groups in total. The average molecular weight is 345 g/mol. The number of benzene rings is 1. The van der Waals surface area contributed by atoms with E-state index >= 15 is 0 Å². The highest BCUT2D eigenvalue weighted by Crippen LogP contribution is 2.14. The molecule has 2 rings (SSSR count). The summed E-state index contributed by atoms with van der Waals surface area (Å²) in [6.45, 7) is 6.39. The molecule has 0 spiro atoms. The molecule has 25 heavy (non-hydrogen) atoms. The van der Waals surface area contributed by atoms with Crippen LogP contribution in [0.2, 0.25) is 0 Å². The van der Waals surface area contributed by atoms with Crippen LogP contribution in [0.25, 0.3) is 10.8 Å². The zero-order valence-electron chi connectivity index (χ0n) is 14.7. The summed E-state index contributed by atoms with van der Waals surface area (Å²) in [4.78, 5) is 36.5. The van der Waals surface area contributed by atoms with E-state index < -0.39 is 5.97 Å². The van der Waals surface area contributed by atoms with Crippen LogP contribution < -0.4 is 10.9 Å². The van der Waals surface area contributed by atoms with Crippen LogP contribution in [-0.4, -0.2) is 34.8 Å². The summed E-state index contributed by atoms with van der Waals surface area (Å²) in [7, 11) is 0. The van der Waals surface area contributed by atoms with Crippen LogP contribution in [-0.2, 0) is 16.1 Å². The lowest BCUT2D eigenvalue weighted by atomic mass is 10.1. The molecule has 0 radical (unpaired) electrons. The van der Waals surface area contributed by atoms with Crippen LogP contribution in [0, 0.1) is 5.92 Å². The molecule has 134 valence electrons. The number of nitrogens with one attached hydrogen (secondary N) is 1. The number of hydrogen-bond acceptors (Lipinski definition) is 5. The normalized spacial score (nSPS) is 10.9. The molecule has 0 saturated heterocycles. The number of carbonyl (C=O) groups is 2. The molecule has 0 aliphatic carbocycles. The molecule has 1 aromatic carbocycles. The molecule has 0 aliphatic rings. The van der Waals surface area contributed by atoms with Gasteiger partial charge in [-0.2, -0.15) is 5.10 Å². The number of carbonyl (C=O) groups excluding carboxylic acids is 2. The molecule has 0 saturated carbocycles. The monoisotopic (exact) mass is 345 g/mol. The van der Waals surface area contributed by atoms with Crippen LogP contribution in [0.1, 0.15) is 37.7 Å². The number of rotatable bonds is 7. The highest BCUT2D eigenvalue weighted by Gasteiger charge is 2.18. The zero-order chi connectivity index (χ0) is 18.4. The van der Waals surface area contributed by atoms with E-state index in [0.29, 0.717) is 36.2 Å². The Morgan fingerprint density at radius 2 is 1.92 bits per heavy atom. The molecule has 1 aromatic heterocycles. The average Bonchev–Trinajstić information content (AvgIpc) is 2.60. The number of fused-ring (bicyclic) bond motifs is 1. The topological polar surface area (TPSA) is 90.3 Å². The Kier molecular flexibility index (Phi) is 6.27. The quantitative estimate of drug-likeness (QED) is 0.772. The summed E-state index contributed by atoms with van der Waals surface area (Å²) in [6, 6.07) is 6.75. The number of aromatic nitrogens is 2. The van der Waals surface area contributed by atoms with Crippen molar-refractivity contribution in [3.05, 3.63) is 40.3 Å². The maximum atomic E-state index is 12.4. The Morgan fingerprint density at radius 1 is 1.24 bits per heavy atom. The van der Waals surface area contributed by atoms with E-state index in [1.807, 2.05) is 20.8 Å². The summed E-state index contributed by atoms with van der Waals surface area (Å²) >= 11 is 0. The largest absolute Gasteiger partial charge is 0.451 e. The third kappa shape index (κ3) is 4.65. The fourth-order valence-electron chi connectivity index (χ4n) is 2.32. The lowest BCUT2D eigenvalue weighted by Gasteiger charge is -2.11. The van der Waals surface area contributed by atoms with E-state index in [1.54, 1.807) is 24.3 Å². The molecule has 0 bridgehead atoms. The summed E-state index contributed by atoms with van der Waals surface area (Å²) in [5.74, 6) is -0.781. The second-order valence-electron chi connectivity index (χ2n) is 6.20. The predicted octanol–water partition coefficient (Wildman–Crippen LogP) is 1.74. The number of ether oxygens (including phenoxy) is 1. The van der Waals surface area contributed by atoms with Gasteiger partial charge in [-0.05, 0) is 18.4 Å². The molecule has 0 aliphatic heterocycles. The standard InChI is InChI=1S/C18H23N3O4/c1-4-9-21-17(23)14-8-6-5-7-13(14)16(20-21)18(24)25-11-15(22)19-10-12(2)3/h5-8,12H,4,9-11H2,1-3H3,(H,19,22). The van der Waals surface area contributed by atoms with Crippen LogP contribution >= 0.6 is 0 Å². The molecular formula is C18H23N3O4. The van der Waals surface area contributed by atoms with Crippen LogP contribution in [0.5, 0.6) is 0 Å². The van der Waals surface area contributed by atoms with E-state index in [1.165, 1.54) is 4.68 Å². The van der Waals surface area contributed by atoms with Gasteiger partial charge in [0.2, 0.25) is 0 Å². The van der Waals surface area contributed by atoms with E-state index in [0.717, 1.165) is 0 Å². The molecule has 1 amide bonds. The van der Waals surface area contributed by atoms with Crippen molar-refractivity contribution < 1.29 is 14.3 Å². The third-order valence-corrected chi connectivity index (χ3v) is 3.54. The Labute approximate surface area is 146 Å². The van der Waals surface area contributed by atoms with Crippen molar-refractivity contribution in [2.45, 2.75) is 33.7 Å². The summed E-state index contributed by atoms with van der Waals surface area (Å²) in [6.07, 6.45) is 0.706. The first kappa shape index (κ1) is 18.6. The predicted molar refractivity (Wildman–Crippen MR) is 94.4 cm³/mol. The van der Waals surface area contributed by atoms with E-state index in [2.05, 4.69) is 10.4 Å². The van der Waals surface area contributed by atoms with Crippen LogP contribution in [0.3, 0.4) is 0 Å². The van der Waals surface area contributed by atoms with Gasteiger partial charge in [-0.25, -0.2) is 9.48 Å². The SMILES string of the molecule is CCCn1nc(C(=O)OCC(=O)NCC(C)C)c2ccccc2c1=O. The smallest absolute Gasteiger partial charge is 0.359 e. The molecule has 0 fully saturated rings. The fraction of sp³-hybridized carbons (Fsp3) is 0.444. The Balaban J connectivity index is 2.24. The van der Waals surface area contributed by atoms with Gasteiger partial charge in [0.15, 0.2) is 12.3 Å². The van der Waals surface area contributed by atoms with E-state index in [4.69, 9.17) is 4.74 Å². The number of hydrogen-bond donors (Lipinski definition) is 1. The molecule has 0 atom stereocenters. The lowest BCUT2D eigenvalue weighted by Crippen LogP contribution is -2.32. The molecular weight excluding hydrogens is 322 g/mol.